The Balaban J connectivity index is 1.76. The lowest BCUT2D eigenvalue weighted by Crippen LogP contribution is -2.47. The third kappa shape index (κ3) is 4.45. The van der Waals surface area contributed by atoms with Crippen LogP contribution in [0.15, 0.2) is 42.6 Å². The maximum Gasteiger partial charge on any atom is 0.254 e. The van der Waals surface area contributed by atoms with E-state index >= 15 is 0 Å². The van der Waals surface area contributed by atoms with Crippen molar-refractivity contribution in [1.29, 1.82) is 0 Å². The summed E-state index contributed by atoms with van der Waals surface area (Å²) in [5.74, 6) is 0.752. The Labute approximate surface area is 150 Å². The van der Waals surface area contributed by atoms with E-state index in [1.54, 1.807) is 6.20 Å². The molecule has 1 aromatic carbocycles. The second-order valence-electron chi connectivity index (χ2n) is 7.32. The van der Waals surface area contributed by atoms with Crippen molar-refractivity contribution in [1.82, 2.24) is 14.8 Å². The Morgan fingerprint density at radius 1 is 1.08 bits per heavy atom. The van der Waals surface area contributed by atoms with Gasteiger partial charge in [-0.1, -0.05) is 38.1 Å². The largest absolute Gasteiger partial charge is 0.336 e. The number of likely N-dealkylation sites (N-methyl/N-ethyl adjacent to an activating group) is 1. The number of benzene rings is 1. The maximum absolute atomic E-state index is 12.7. The summed E-state index contributed by atoms with van der Waals surface area (Å²) < 4.78 is 0. The van der Waals surface area contributed by atoms with Gasteiger partial charge in [0.15, 0.2) is 0 Å². The van der Waals surface area contributed by atoms with Crippen LogP contribution in [0.25, 0.3) is 11.3 Å². The molecular formula is C21H27N3O. The van der Waals surface area contributed by atoms with Crippen LogP contribution in [0, 0.1) is 5.92 Å². The molecule has 0 N–H and O–H groups in total. The van der Waals surface area contributed by atoms with Gasteiger partial charge in [0, 0.05) is 43.5 Å². The number of nitrogens with zero attached hydrogens (tertiary/aromatic N) is 3. The summed E-state index contributed by atoms with van der Waals surface area (Å²) in [7, 11) is 2.09. The number of hydrogen-bond donors (Lipinski definition) is 0. The fourth-order valence-corrected chi connectivity index (χ4v) is 3.20. The molecule has 1 saturated heterocycles. The Kier molecular flexibility index (Phi) is 5.49. The first kappa shape index (κ1) is 17.6. The normalized spacial score (nSPS) is 15.6. The summed E-state index contributed by atoms with van der Waals surface area (Å²) in [4.78, 5) is 21.4. The van der Waals surface area contributed by atoms with Crippen LogP contribution in [0.1, 0.15) is 29.8 Å². The van der Waals surface area contributed by atoms with E-state index in [-0.39, 0.29) is 5.91 Å². The van der Waals surface area contributed by atoms with Crippen molar-refractivity contribution in [3.8, 4) is 11.3 Å². The third-order valence-corrected chi connectivity index (χ3v) is 4.69. The predicted molar refractivity (Wildman–Crippen MR) is 102 cm³/mol. The van der Waals surface area contributed by atoms with Crippen molar-refractivity contribution in [3.05, 3.63) is 53.7 Å². The number of rotatable bonds is 4. The van der Waals surface area contributed by atoms with Crippen molar-refractivity contribution in [2.75, 3.05) is 33.2 Å². The zero-order valence-electron chi connectivity index (χ0n) is 15.4. The molecule has 25 heavy (non-hydrogen) atoms. The highest BCUT2D eigenvalue weighted by Gasteiger charge is 2.20. The molecular weight excluding hydrogens is 310 g/mol. The van der Waals surface area contributed by atoms with E-state index in [1.165, 1.54) is 5.56 Å². The molecule has 3 rings (SSSR count). The molecule has 1 amide bonds. The summed E-state index contributed by atoms with van der Waals surface area (Å²) in [6.45, 7) is 7.89. The fraction of sp³-hybridized carbons (Fsp3) is 0.429. The molecule has 1 aliphatic heterocycles. The fourth-order valence-electron chi connectivity index (χ4n) is 3.20. The lowest BCUT2D eigenvalue weighted by molar-refractivity contribution is 0.0664. The van der Waals surface area contributed by atoms with Crippen molar-refractivity contribution < 1.29 is 4.79 Å². The summed E-state index contributed by atoms with van der Waals surface area (Å²) >= 11 is 0. The highest BCUT2D eigenvalue weighted by molar-refractivity contribution is 5.95. The molecule has 0 aliphatic carbocycles. The van der Waals surface area contributed by atoms with Gasteiger partial charge in [-0.15, -0.1) is 0 Å². The Hall–Kier alpha value is -2.20. The van der Waals surface area contributed by atoms with Crippen molar-refractivity contribution in [2.45, 2.75) is 20.3 Å². The van der Waals surface area contributed by atoms with Gasteiger partial charge in [0.1, 0.15) is 0 Å². The Bertz CT molecular complexity index is 716. The second-order valence-corrected chi connectivity index (χ2v) is 7.32. The molecule has 0 radical (unpaired) electrons. The summed E-state index contributed by atoms with van der Waals surface area (Å²) in [5.41, 5.74) is 3.97. The van der Waals surface area contributed by atoms with Crippen LogP contribution in [0.5, 0.6) is 0 Å². The van der Waals surface area contributed by atoms with E-state index in [4.69, 9.17) is 0 Å². The number of hydrogen-bond acceptors (Lipinski definition) is 3. The van der Waals surface area contributed by atoms with Crippen molar-refractivity contribution in [2.24, 2.45) is 5.92 Å². The number of amides is 1. The van der Waals surface area contributed by atoms with Crippen LogP contribution in [0.3, 0.4) is 0 Å². The van der Waals surface area contributed by atoms with Gasteiger partial charge in [0.25, 0.3) is 5.91 Å². The van der Waals surface area contributed by atoms with Gasteiger partial charge in [-0.05, 0) is 37.1 Å². The third-order valence-electron chi connectivity index (χ3n) is 4.69. The van der Waals surface area contributed by atoms with Crippen LogP contribution in [-0.4, -0.2) is 53.9 Å². The standard InChI is InChI=1S/C21H27N3O/c1-16(2)14-17-4-6-18(7-5-17)20-15-19(8-9-22-20)21(25)24-12-10-23(3)11-13-24/h4-9,15-16H,10-14H2,1-3H3. The highest BCUT2D eigenvalue weighted by atomic mass is 16.2. The molecule has 4 nitrogen and oxygen atoms in total. The van der Waals surface area contributed by atoms with Crippen LogP contribution >= 0.6 is 0 Å². The molecule has 0 atom stereocenters. The topological polar surface area (TPSA) is 36.4 Å². The van der Waals surface area contributed by atoms with Crippen LogP contribution in [-0.2, 0) is 6.42 Å². The molecule has 1 aliphatic rings. The van der Waals surface area contributed by atoms with E-state index in [1.807, 2.05) is 17.0 Å². The van der Waals surface area contributed by atoms with Crippen LogP contribution in [0.4, 0.5) is 0 Å². The van der Waals surface area contributed by atoms with E-state index in [0.29, 0.717) is 5.92 Å². The number of aromatic nitrogens is 1. The SMILES string of the molecule is CC(C)Cc1ccc(-c2cc(C(=O)N3CCN(C)CC3)ccn2)cc1. The number of pyridine rings is 1. The first-order chi connectivity index (χ1) is 12.0. The van der Waals surface area contributed by atoms with Gasteiger partial charge in [-0.25, -0.2) is 0 Å². The molecule has 0 spiro atoms. The summed E-state index contributed by atoms with van der Waals surface area (Å²) in [6.07, 6.45) is 2.82. The van der Waals surface area contributed by atoms with Crippen LogP contribution < -0.4 is 0 Å². The predicted octanol–water partition coefficient (Wildman–Crippen LogP) is 3.33. The molecule has 2 heterocycles. The molecule has 132 valence electrons. The number of carbonyl (C=O) groups excluding carboxylic acids is 1. The van der Waals surface area contributed by atoms with Gasteiger partial charge in [-0.3, -0.25) is 9.78 Å². The minimum atomic E-state index is 0.105. The minimum Gasteiger partial charge on any atom is -0.336 e. The van der Waals surface area contributed by atoms with Crippen molar-refractivity contribution >= 4 is 5.91 Å². The lowest BCUT2D eigenvalue weighted by Gasteiger charge is -2.32. The zero-order chi connectivity index (χ0) is 17.8. The smallest absolute Gasteiger partial charge is 0.254 e. The number of piperazine rings is 1. The summed E-state index contributed by atoms with van der Waals surface area (Å²) in [5, 5.41) is 0. The van der Waals surface area contributed by atoms with E-state index < -0.39 is 0 Å². The first-order valence-corrected chi connectivity index (χ1v) is 9.06. The van der Waals surface area contributed by atoms with E-state index in [9.17, 15) is 4.79 Å². The summed E-state index contributed by atoms with van der Waals surface area (Å²) in [6, 6.07) is 12.3. The molecule has 4 heteroatoms. The molecule has 0 bridgehead atoms. The molecule has 0 saturated carbocycles. The van der Waals surface area contributed by atoms with Gasteiger partial charge in [-0.2, -0.15) is 0 Å². The van der Waals surface area contributed by atoms with Gasteiger partial charge in [0.2, 0.25) is 0 Å². The molecule has 1 fully saturated rings. The highest BCUT2D eigenvalue weighted by Crippen LogP contribution is 2.20. The quantitative estimate of drug-likeness (QED) is 0.858. The Morgan fingerprint density at radius 2 is 1.76 bits per heavy atom. The minimum absolute atomic E-state index is 0.105. The average molecular weight is 337 g/mol. The first-order valence-electron chi connectivity index (χ1n) is 9.06. The second kappa shape index (κ2) is 7.79. The van der Waals surface area contributed by atoms with E-state index in [0.717, 1.165) is 49.4 Å². The maximum atomic E-state index is 12.7. The van der Waals surface area contributed by atoms with Crippen LogP contribution in [0.2, 0.25) is 0 Å². The average Bonchev–Trinajstić information content (AvgIpc) is 2.62. The lowest BCUT2D eigenvalue weighted by atomic mass is 10.0. The van der Waals surface area contributed by atoms with Gasteiger partial charge >= 0.3 is 0 Å². The van der Waals surface area contributed by atoms with Crippen molar-refractivity contribution in [3.63, 3.8) is 0 Å². The molecule has 2 aromatic rings. The van der Waals surface area contributed by atoms with Gasteiger partial charge in [0.05, 0.1) is 5.69 Å². The molecule has 0 unspecified atom stereocenters. The zero-order valence-corrected chi connectivity index (χ0v) is 15.4. The Morgan fingerprint density at radius 3 is 2.40 bits per heavy atom. The van der Waals surface area contributed by atoms with E-state index in [2.05, 4.69) is 55.0 Å². The molecule has 1 aromatic heterocycles. The van der Waals surface area contributed by atoms with Gasteiger partial charge < -0.3 is 9.80 Å². The monoisotopic (exact) mass is 337 g/mol. The number of carbonyl (C=O) groups is 1.